The smallest absolute Gasteiger partial charge is 0.336 e. The van der Waals surface area contributed by atoms with E-state index >= 15 is 0 Å². The van der Waals surface area contributed by atoms with Crippen LogP contribution >= 0.6 is 0 Å². The van der Waals surface area contributed by atoms with E-state index in [-0.39, 0.29) is 19.0 Å². The minimum absolute atomic E-state index is 0.0598. The van der Waals surface area contributed by atoms with Gasteiger partial charge in [0.05, 0.1) is 6.54 Å². The highest BCUT2D eigenvalue weighted by atomic mass is 16.4. The zero-order valence-electron chi connectivity index (χ0n) is 10.9. The molecule has 0 aliphatic rings. The zero-order chi connectivity index (χ0) is 13.6. The van der Waals surface area contributed by atoms with Gasteiger partial charge in [-0.05, 0) is 19.9 Å². The molecule has 17 heavy (non-hydrogen) atoms. The van der Waals surface area contributed by atoms with Crippen LogP contribution in [0.5, 0.6) is 0 Å². The molecule has 1 atom stereocenters. The molecule has 0 saturated heterocycles. The highest BCUT2D eigenvalue weighted by Crippen LogP contribution is 2.07. The van der Waals surface area contributed by atoms with E-state index in [1.807, 2.05) is 6.92 Å². The third kappa shape index (κ3) is 5.65. The third-order valence-electron chi connectivity index (χ3n) is 2.39. The number of likely N-dealkylation sites (N-methyl/N-ethyl adjacent to an activating group) is 1. The van der Waals surface area contributed by atoms with Gasteiger partial charge in [0.15, 0.2) is 5.60 Å². The Hall–Kier alpha value is -1.14. The van der Waals surface area contributed by atoms with Crippen molar-refractivity contribution in [3.05, 3.63) is 0 Å². The van der Waals surface area contributed by atoms with Crippen LogP contribution < -0.4 is 0 Å². The molecule has 6 heteroatoms. The average molecular weight is 246 g/mol. The predicted octanol–water partition coefficient (Wildman–Crippen LogP) is -0.378. The molecule has 0 aliphatic carbocycles. The first-order chi connectivity index (χ1) is 7.70. The molecule has 0 bridgehead atoms. The summed E-state index contributed by atoms with van der Waals surface area (Å²) >= 11 is 0. The normalized spacial score (nSPS) is 14.5. The Kier molecular flexibility index (Phi) is 6.12. The summed E-state index contributed by atoms with van der Waals surface area (Å²) in [6.45, 7) is 3.80. The lowest BCUT2D eigenvalue weighted by molar-refractivity contribution is -0.159. The van der Waals surface area contributed by atoms with E-state index in [1.54, 1.807) is 19.0 Å². The Balaban J connectivity index is 4.54. The molecule has 6 nitrogen and oxygen atoms in total. The van der Waals surface area contributed by atoms with Crippen molar-refractivity contribution in [1.82, 2.24) is 9.80 Å². The van der Waals surface area contributed by atoms with Gasteiger partial charge in [-0.15, -0.1) is 0 Å². The highest BCUT2D eigenvalue weighted by Gasteiger charge is 2.32. The van der Waals surface area contributed by atoms with Crippen molar-refractivity contribution >= 4 is 11.9 Å². The molecule has 0 aromatic carbocycles. The summed E-state index contributed by atoms with van der Waals surface area (Å²) < 4.78 is 0. The van der Waals surface area contributed by atoms with Crippen LogP contribution in [0.3, 0.4) is 0 Å². The first-order valence-electron chi connectivity index (χ1n) is 5.59. The van der Waals surface area contributed by atoms with E-state index in [2.05, 4.69) is 0 Å². The van der Waals surface area contributed by atoms with Gasteiger partial charge in [0.1, 0.15) is 0 Å². The second-order valence-corrected chi connectivity index (χ2v) is 4.58. The Morgan fingerprint density at radius 1 is 1.29 bits per heavy atom. The SMILES string of the molecule is CCCN(CC(=O)N(C)C)CC(C)(O)C(=O)O. The topological polar surface area (TPSA) is 81.1 Å². The fourth-order valence-corrected chi connectivity index (χ4v) is 1.37. The molecule has 0 aliphatic heterocycles. The van der Waals surface area contributed by atoms with Gasteiger partial charge < -0.3 is 15.1 Å². The Labute approximate surface area is 102 Å². The highest BCUT2D eigenvalue weighted by molar-refractivity contribution is 5.78. The number of rotatable bonds is 7. The van der Waals surface area contributed by atoms with E-state index in [4.69, 9.17) is 5.11 Å². The van der Waals surface area contributed by atoms with Crippen molar-refractivity contribution in [1.29, 1.82) is 0 Å². The lowest BCUT2D eigenvalue weighted by atomic mass is 10.1. The Morgan fingerprint density at radius 3 is 2.18 bits per heavy atom. The van der Waals surface area contributed by atoms with Crippen LogP contribution in [0.1, 0.15) is 20.3 Å². The first kappa shape index (κ1) is 15.9. The lowest BCUT2D eigenvalue weighted by Gasteiger charge is -2.28. The van der Waals surface area contributed by atoms with Crippen LogP contribution in [0.25, 0.3) is 0 Å². The molecule has 1 amide bonds. The summed E-state index contributed by atoms with van der Waals surface area (Å²) in [5.41, 5.74) is -1.83. The van der Waals surface area contributed by atoms with Gasteiger partial charge in [0.25, 0.3) is 0 Å². The number of nitrogens with zero attached hydrogens (tertiary/aromatic N) is 2. The van der Waals surface area contributed by atoms with Crippen LogP contribution in [-0.2, 0) is 9.59 Å². The quantitative estimate of drug-likeness (QED) is 0.640. The number of amides is 1. The van der Waals surface area contributed by atoms with Crippen molar-refractivity contribution < 1.29 is 19.8 Å². The predicted molar refractivity (Wildman–Crippen MR) is 63.7 cm³/mol. The number of hydrogen-bond acceptors (Lipinski definition) is 4. The van der Waals surface area contributed by atoms with Crippen LogP contribution in [-0.4, -0.2) is 71.2 Å². The third-order valence-corrected chi connectivity index (χ3v) is 2.39. The van der Waals surface area contributed by atoms with E-state index in [0.717, 1.165) is 6.42 Å². The Bertz CT molecular complexity index is 277. The molecule has 2 N–H and O–H groups in total. The summed E-state index contributed by atoms with van der Waals surface area (Å²) in [7, 11) is 3.28. The number of carboxylic acid groups (broad SMARTS) is 1. The van der Waals surface area contributed by atoms with Gasteiger partial charge >= 0.3 is 5.97 Å². The molecule has 100 valence electrons. The monoisotopic (exact) mass is 246 g/mol. The molecule has 0 fully saturated rings. The molecular weight excluding hydrogens is 224 g/mol. The van der Waals surface area contributed by atoms with Gasteiger partial charge in [-0.25, -0.2) is 4.79 Å². The maximum Gasteiger partial charge on any atom is 0.336 e. The summed E-state index contributed by atoms with van der Waals surface area (Å²) in [6, 6.07) is 0. The fraction of sp³-hybridized carbons (Fsp3) is 0.818. The molecule has 0 aromatic heterocycles. The molecule has 0 aromatic rings. The van der Waals surface area contributed by atoms with Gasteiger partial charge in [0.2, 0.25) is 5.91 Å². The summed E-state index contributed by atoms with van der Waals surface area (Å²) in [5.74, 6) is -1.39. The van der Waals surface area contributed by atoms with E-state index < -0.39 is 11.6 Å². The second kappa shape index (κ2) is 6.56. The van der Waals surface area contributed by atoms with Crippen LogP contribution in [0.4, 0.5) is 0 Å². The molecular formula is C11H22N2O4. The van der Waals surface area contributed by atoms with Crippen molar-refractivity contribution in [3.63, 3.8) is 0 Å². The van der Waals surface area contributed by atoms with Gasteiger partial charge in [-0.3, -0.25) is 9.69 Å². The van der Waals surface area contributed by atoms with Crippen LogP contribution in [0, 0.1) is 0 Å². The largest absolute Gasteiger partial charge is 0.479 e. The Morgan fingerprint density at radius 2 is 1.82 bits per heavy atom. The van der Waals surface area contributed by atoms with Crippen molar-refractivity contribution in [2.75, 3.05) is 33.7 Å². The number of carboxylic acids is 1. The average Bonchev–Trinajstić information content (AvgIpc) is 2.16. The summed E-state index contributed by atoms with van der Waals surface area (Å²) in [5, 5.41) is 18.5. The van der Waals surface area contributed by atoms with Crippen molar-refractivity contribution in [3.8, 4) is 0 Å². The summed E-state index contributed by atoms with van der Waals surface area (Å²) in [6.07, 6.45) is 0.788. The van der Waals surface area contributed by atoms with Crippen LogP contribution in [0.2, 0.25) is 0 Å². The molecule has 1 unspecified atom stereocenters. The summed E-state index contributed by atoms with van der Waals surface area (Å²) in [4.78, 5) is 25.4. The number of carbonyl (C=O) groups excluding carboxylic acids is 1. The minimum Gasteiger partial charge on any atom is -0.479 e. The van der Waals surface area contributed by atoms with E-state index in [0.29, 0.717) is 6.54 Å². The van der Waals surface area contributed by atoms with Crippen LogP contribution in [0.15, 0.2) is 0 Å². The van der Waals surface area contributed by atoms with Gasteiger partial charge in [0, 0.05) is 20.6 Å². The number of hydrogen-bond donors (Lipinski definition) is 2. The number of aliphatic hydroxyl groups is 1. The maximum absolute atomic E-state index is 11.5. The fourth-order valence-electron chi connectivity index (χ4n) is 1.37. The second-order valence-electron chi connectivity index (χ2n) is 4.58. The molecule has 0 heterocycles. The first-order valence-corrected chi connectivity index (χ1v) is 5.59. The van der Waals surface area contributed by atoms with E-state index in [1.165, 1.54) is 11.8 Å². The van der Waals surface area contributed by atoms with Crippen molar-refractivity contribution in [2.24, 2.45) is 0 Å². The standard InChI is InChI=1S/C11H22N2O4/c1-5-6-13(7-9(14)12(3)4)8-11(2,17)10(15)16/h17H,5-8H2,1-4H3,(H,15,16). The molecule has 0 saturated carbocycles. The minimum atomic E-state index is -1.83. The van der Waals surface area contributed by atoms with Gasteiger partial charge in [-0.2, -0.15) is 0 Å². The maximum atomic E-state index is 11.5. The lowest BCUT2D eigenvalue weighted by Crippen LogP contribution is -2.49. The molecule has 0 spiro atoms. The van der Waals surface area contributed by atoms with Crippen molar-refractivity contribution in [2.45, 2.75) is 25.9 Å². The van der Waals surface area contributed by atoms with Gasteiger partial charge in [-0.1, -0.05) is 6.92 Å². The molecule has 0 rings (SSSR count). The number of aliphatic carboxylic acids is 1. The zero-order valence-corrected chi connectivity index (χ0v) is 10.9. The number of carbonyl (C=O) groups is 2. The van der Waals surface area contributed by atoms with E-state index in [9.17, 15) is 14.7 Å². The molecule has 0 radical (unpaired) electrons.